The van der Waals surface area contributed by atoms with Crippen LogP contribution < -0.4 is 5.32 Å². The number of carbonyl (C=O) groups excluding carboxylic acids is 2. The summed E-state index contributed by atoms with van der Waals surface area (Å²) in [7, 11) is 0. The van der Waals surface area contributed by atoms with Crippen molar-refractivity contribution in [3.8, 4) is 5.75 Å². The monoisotopic (exact) mass is 510 g/mol. The van der Waals surface area contributed by atoms with Crippen molar-refractivity contribution in [3.05, 3.63) is 65.2 Å². The lowest BCUT2D eigenvalue weighted by Crippen LogP contribution is -2.37. The van der Waals surface area contributed by atoms with Gasteiger partial charge in [-0.25, -0.2) is 4.79 Å². The quantitative estimate of drug-likeness (QED) is 0.187. The van der Waals surface area contributed by atoms with Crippen LogP contribution in [0.2, 0.25) is 0 Å². The fourth-order valence-electron chi connectivity index (χ4n) is 4.26. The summed E-state index contributed by atoms with van der Waals surface area (Å²) in [5.41, 5.74) is 1.89. The number of unbranched alkanes of at least 4 members (excludes halogenated alkanes) is 9. The Morgan fingerprint density at radius 2 is 1.41 bits per heavy atom. The number of nitrogens with one attached hydrogen (secondary N) is 1. The van der Waals surface area contributed by atoms with Crippen LogP contribution in [0.4, 0.5) is 0 Å². The lowest BCUT2D eigenvalue weighted by molar-refractivity contribution is -0.156. The topological polar surface area (TPSA) is 107 Å². The zero-order valence-corrected chi connectivity index (χ0v) is 22.1. The van der Waals surface area contributed by atoms with Gasteiger partial charge < -0.3 is 20.4 Å². The predicted octanol–water partition coefficient (Wildman–Crippen LogP) is 5.70. The summed E-state index contributed by atoms with van der Waals surface area (Å²) in [6.07, 6.45) is 12.8. The van der Waals surface area contributed by atoms with Gasteiger partial charge in [-0.1, -0.05) is 95.0 Å². The summed E-state index contributed by atoms with van der Waals surface area (Å²) < 4.78 is 0. The average molecular weight is 511 g/mol. The Morgan fingerprint density at radius 3 is 2.00 bits per heavy atom. The fraction of sp³-hybridized carbons (Fsp3) is 0.500. The zero-order chi connectivity index (χ0) is 26.9. The van der Waals surface area contributed by atoms with E-state index < -0.39 is 11.9 Å². The number of amides is 2. The molecule has 7 nitrogen and oxygen atoms in total. The maximum atomic E-state index is 12.5. The number of phenols is 1. The lowest BCUT2D eigenvalue weighted by Gasteiger charge is -2.21. The Morgan fingerprint density at radius 1 is 0.811 bits per heavy atom. The first kappa shape index (κ1) is 29.9. The van der Waals surface area contributed by atoms with Gasteiger partial charge in [0.15, 0.2) is 0 Å². The summed E-state index contributed by atoms with van der Waals surface area (Å²) in [6.45, 7) is 3.12. The molecule has 2 rings (SSSR count). The molecule has 0 aliphatic heterocycles. The highest BCUT2D eigenvalue weighted by Gasteiger charge is 2.21. The van der Waals surface area contributed by atoms with Crippen molar-refractivity contribution in [2.24, 2.45) is 0 Å². The van der Waals surface area contributed by atoms with Gasteiger partial charge >= 0.3 is 11.9 Å². The summed E-state index contributed by atoms with van der Waals surface area (Å²) >= 11 is 0. The van der Waals surface area contributed by atoms with Crippen LogP contribution in [0.3, 0.4) is 0 Å². The molecular weight excluding hydrogens is 468 g/mol. The van der Waals surface area contributed by atoms with E-state index in [1.165, 1.54) is 56.3 Å². The van der Waals surface area contributed by atoms with Gasteiger partial charge in [0, 0.05) is 25.2 Å². The van der Waals surface area contributed by atoms with Crippen molar-refractivity contribution < 1.29 is 24.6 Å². The maximum absolute atomic E-state index is 12.5. The lowest BCUT2D eigenvalue weighted by atomic mass is 10.1. The number of hydrogen-bond donors (Lipinski definition) is 3. The second-order valence-electron chi connectivity index (χ2n) is 9.55. The van der Waals surface area contributed by atoms with Gasteiger partial charge in [-0.15, -0.1) is 0 Å². The van der Waals surface area contributed by atoms with Gasteiger partial charge in [-0.05, 0) is 42.2 Å². The van der Waals surface area contributed by atoms with Crippen LogP contribution in [-0.2, 0) is 22.6 Å². The molecule has 0 aliphatic carbocycles. The van der Waals surface area contributed by atoms with Crippen LogP contribution in [-0.4, -0.2) is 46.0 Å². The van der Waals surface area contributed by atoms with Gasteiger partial charge in [-0.2, -0.15) is 0 Å². The molecule has 0 spiro atoms. The van der Waals surface area contributed by atoms with E-state index in [2.05, 4.69) is 12.2 Å². The van der Waals surface area contributed by atoms with Gasteiger partial charge in [0.25, 0.3) is 5.91 Å². The van der Waals surface area contributed by atoms with Gasteiger partial charge in [0.2, 0.25) is 0 Å². The maximum Gasteiger partial charge on any atom is 0.394 e. The normalized spacial score (nSPS) is 10.7. The Bertz CT molecular complexity index is 974. The van der Waals surface area contributed by atoms with Crippen LogP contribution in [0, 0.1) is 0 Å². The predicted molar refractivity (Wildman–Crippen MR) is 145 cm³/mol. The number of benzene rings is 2. The average Bonchev–Trinajstić information content (AvgIpc) is 2.90. The highest BCUT2D eigenvalue weighted by molar-refractivity contribution is 6.31. The molecule has 3 N–H and O–H groups in total. The molecule has 202 valence electrons. The molecule has 0 atom stereocenters. The summed E-state index contributed by atoms with van der Waals surface area (Å²) in [5.74, 6) is -2.56. The number of para-hydroxylation sites is 1. The van der Waals surface area contributed by atoms with Crippen LogP contribution in [0.15, 0.2) is 48.5 Å². The number of carbonyl (C=O) groups is 3. The third kappa shape index (κ3) is 11.5. The Kier molecular flexibility index (Phi) is 13.9. The van der Waals surface area contributed by atoms with Gasteiger partial charge in [0.05, 0.1) is 0 Å². The molecule has 0 aliphatic rings. The third-order valence-electron chi connectivity index (χ3n) is 6.52. The highest BCUT2D eigenvalue weighted by atomic mass is 16.4. The van der Waals surface area contributed by atoms with E-state index in [1.54, 1.807) is 48.5 Å². The second kappa shape index (κ2) is 17.2. The molecule has 0 bridgehead atoms. The first-order valence-electron chi connectivity index (χ1n) is 13.6. The van der Waals surface area contributed by atoms with Crippen molar-refractivity contribution in [2.45, 2.75) is 84.1 Å². The number of aromatic hydroxyl groups is 1. The molecule has 0 unspecified atom stereocenters. The van der Waals surface area contributed by atoms with Crippen LogP contribution in [0.5, 0.6) is 5.75 Å². The SMILES string of the molecule is CCCCCCCCCCCCNC(=O)c1ccc(CN(CCc2ccccc2O)C(=O)C(=O)O)cc1. The van der Waals surface area contributed by atoms with Crippen LogP contribution >= 0.6 is 0 Å². The number of phenolic OH excluding ortho intramolecular Hbond substituents is 1. The van der Waals surface area contributed by atoms with E-state index in [-0.39, 0.29) is 24.7 Å². The zero-order valence-electron chi connectivity index (χ0n) is 22.1. The molecule has 7 heteroatoms. The van der Waals surface area contributed by atoms with Crippen molar-refractivity contribution in [3.63, 3.8) is 0 Å². The number of carboxylic acid groups (broad SMARTS) is 1. The molecule has 0 heterocycles. The number of hydrogen-bond acceptors (Lipinski definition) is 4. The second-order valence-corrected chi connectivity index (χ2v) is 9.55. The Labute approximate surface area is 220 Å². The molecule has 0 saturated heterocycles. The molecule has 37 heavy (non-hydrogen) atoms. The number of rotatable bonds is 17. The minimum absolute atomic E-state index is 0.0965. The minimum Gasteiger partial charge on any atom is -0.508 e. The van der Waals surface area contributed by atoms with Crippen molar-refractivity contribution in [1.82, 2.24) is 10.2 Å². The smallest absolute Gasteiger partial charge is 0.394 e. The largest absolute Gasteiger partial charge is 0.508 e. The van der Waals surface area contributed by atoms with Crippen molar-refractivity contribution in [1.29, 1.82) is 0 Å². The first-order chi connectivity index (χ1) is 17.9. The van der Waals surface area contributed by atoms with Gasteiger partial charge in [-0.3, -0.25) is 9.59 Å². The molecule has 0 aromatic heterocycles. The minimum atomic E-state index is -1.53. The molecule has 2 amide bonds. The number of nitrogens with zero attached hydrogens (tertiary/aromatic N) is 1. The molecule has 2 aromatic carbocycles. The van der Waals surface area contributed by atoms with E-state index in [4.69, 9.17) is 0 Å². The van der Waals surface area contributed by atoms with Crippen molar-refractivity contribution >= 4 is 17.8 Å². The first-order valence-corrected chi connectivity index (χ1v) is 13.6. The van der Waals surface area contributed by atoms with E-state index in [0.29, 0.717) is 24.1 Å². The summed E-state index contributed by atoms with van der Waals surface area (Å²) in [6, 6.07) is 13.6. The Balaban J connectivity index is 1.74. The molecule has 0 radical (unpaired) electrons. The summed E-state index contributed by atoms with van der Waals surface area (Å²) in [4.78, 5) is 37.2. The third-order valence-corrected chi connectivity index (χ3v) is 6.52. The van der Waals surface area contributed by atoms with Crippen LogP contribution in [0.1, 0.15) is 92.6 Å². The molecule has 0 fully saturated rings. The van der Waals surface area contributed by atoms with Crippen LogP contribution in [0.25, 0.3) is 0 Å². The molecule has 0 saturated carbocycles. The highest BCUT2D eigenvalue weighted by Crippen LogP contribution is 2.17. The van der Waals surface area contributed by atoms with E-state index >= 15 is 0 Å². The Hall–Kier alpha value is -3.35. The van der Waals surface area contributed by atoms with Crippen molar-refractivity contribution in [2.75, 3.05) is 13.1 Å². The fourth-order valence-corrected chi connectivity index (χ4v) is 4.26. The standard InChI is InChI=1S/C30H42N2O5/c1-2-3-4-5-6-7-8-9-10-13-21-31-28(34)26-18-16-24(17-19-26)23-32(29(35)30(36)37)22-20-25-14-11-12-15-27(25)33/h11-12,14-19,33H,2-10,13,20-23H2,1H3,(H,31,34)(H,36,37). The van der Waals surface area contributed by atoms with Gasteiger partial charge in [0.1, 0.15) is 5.75 Å². The number of carboxylic acids is 1. The molecule has 2 aromatic rings. The number of aliphatic carboxylic acids is 1. The van der Waals surface area contributed by atoms with E-state index in [9.17, 15) is 24.6 Å². The van der Waals surface area contributed by atoms with E-state index in [1.807, 2.05) is 0 Å². The molecular formula is C30H42N2O5. The van der Waals surface area contributed by atoms with E-state index in [0.717, 1.165) is 18.4 Å². The summed E-state index contributed by atoms with van der Waals surface area (Å²) in [5, 5.41) is 22.1.